The van der Waals surface area contributed by atoms with E-state index < -0.39 is 0 Å². The van der Waals surface area contributed by atoms with Crippen molar-refractivity contribution in [3.05, 3.63) is 23.4 Å². The van der Waals surface area contributed by atoms with Gasteiger partial charge in [0.05, 0.1) is 12.2 Å². The zero-order valence-electron chi connectivity index (χ0n) is 14.3. The van der Waals surface area contributed by atoms with Gasteiger partial charge in [0.1, 0.15) is 6.61 Å². The summed E-state index contributed by atoms with van der Waals surface area (Å²) in [5.41, 5.74) is 2.10. The Balaban J connectivity index is 2.39. The molecule has 0 amide bonds. The predicted molar refractivity (Wildman–Crippen MR) is 86.7 cm³/mol. The van der Waals surface area contributed by atoms with Crippen molar-refractivity contribution in [2.45, 2.75) is 53.7 Å². The summed E-state index contributed by atoms with van der Waals surface area (Å²) in [6, 6.07) is 4.01. The van der Waals surface area contributed by atoms with Crippen LogP contribution in [0, 0.1) is 12.8 Å². The van der Waals surface area contributed by atoms with Crippen LogP contribution >= 0.6 is 0 Å². The first-order valence-electron chi connectivity index (χ1n) is 7.72. The molecule has 4 heteroatoms. The molecule has 0 aliphatic heterocycles. The fourth-order valence-electron chi connectivity index (χ4n) is 1.82. The molecule has 0 unspecified atom stereocenters. The SMILES string of the molecule is Cc1nc(OCCOC(C)(C)C)ccc1CNCC(C)C. The van der Waals surface area contributed by atoms with Gasteiger partial charge in [0.2, 0.25) is 5.88 Å². The molecule has 0 saturated heterocycles. The van der Waals surface area contributed by atoms with Gasteiger partial charge < -0.3 is 14.8 Å². The van der Waals surface area contributed by atoms with Crippen LogP contribution in [0.2, 0.25) is 0 Å². The molecule has 0 bridgehead atoms. The molecule has 0 aliphatic rings. The molecule has 0 atom stereocenters. The minimum Gasteiger partial charge on any atom is -0.475 e. The molecular weight excluding hydrogens is 264 g/mol. The van der Waals surface area contributed by atoms with E-state index in [9.17, 15) is 0 Å². The molecule has 0 saturated carbocycles. The average molecular weight is 294 g/mol. The number of nitrogens with one attached hydrogen (secondary N) is 1. The van der Waals surface area contributed by atoms with Crippen molar-refractivity contribution in [1.82, 2.24) is 10.3 Å². The zero-order chi connectivity index (χ0) is 15.9. The Morgan fingerprint density at radius 1 is 1.19 bits per heavy atom. The van der Waals surface area contributed by atoms with E-state index in [2.05, 4.69) is 30.2 Å². The van der Waals surface area contributed by atoms with Crippen LogP contribution in [0.25, 0.3) is 0 Å². The maximum atomic E-state index is 5.62. The molecule has 0 spiro atoms. The fourth-order valence-corrected chi connectivity index (χ4v) is 1.82. The molecule has 1 aromatic rings. The van der Waals surface area contributed by atoms with Crippen LogP contribution in [-0.2, 0) is 11.3 Å². The topological polar surface area (TPSA) is 43.4 Å². The van der Waals surface area contributed by atoms with E-state index >= 15 is 0 Å². The first-order valence-corrected chi connectivity index (χ1v) is 7.72. The minimum atomic E-state index is -0.126. The Morgan fingerprint density at radius 3 is 2.48 bits per heavy atom. The Hall–Kier alpha value is -1.13. The minimum absolute atomic E-state index is 0.126. The van der Waals surface area contributed by atoms with E-state index in [1.54, 1.807) is 0 Å². The van der Waals surface area contributed by atoms with E-state index in [4.69, 9.17) is 9.47 Å². The van der Waals surface area contributed by atoms with Gasteiger partial charge in [-0.3, -0.25) is 0 Å². The number of aromatic nitrogens is 1. The van der Waals surface area contributed by atoms with Gasteiger partial charge in [-0.1, -0.05) is 19.9 Å². The van der Waals surface area contributed by atoms with E-state index in [-0.39, 0.29) is 5.60 Å². The maximum absolute atomic E-state index is 5.62. The second-order valence-corrected chi connectivity index (χ2v) is 6.73. The highest BCUT2D eigenvalue weighted by atomic mass is 16.5. The fraction of sp³-hybridized carbons (Fsp3) is 0.706. The molecule has 1 rings (SSSR count). The van der Waals surface area contributed by atoms with Crippen molar-refractivity contribution in [1.29, 1.82) is 0 Å². The third-order valence-electron chi connectivity index (χ3n) is 2.91. The number of aryl methyl sites for hydroxylation is 1. The Morgan fingerprint density at radius 2 is 1.90 bits per heavy atom. The van der Waals surface area contributed by atoms with Crippen molar-refractivity contribution in [3.63, 3.8) is 0 Å². The summed E-state index contributed by atoms with van der Waals surface area (Å²) in [4.78, 5) is 4.49. The molecule has 1 aromatic heterocycles. The van der Waals surface area contributed by atoms with Crippen LogP contribution in [0.1, 0.15) is 45.9 Å². The quantitative estimate of drug-likeness (QED) is 0.747. The zero-order valence-corrected chi connectivity index (χ0v) is 14.3. The van der Waals surface area contributed by atoms with E-state index in [1.807, 2.05) is 33.8 Å². The highest BCUT2D eigenvalue weighted by molar-refractivity contribution is 5.24. The second-order valence-electron chi connectivity index (χ2n) is 6.73. The van der Waals surface area contributed by atoms with Gasteiger partial charge in [-0.2, -0.15) is 0 Å². The summed E-state index contributed by atoms with van der Waals surface area (Å²) < 4.78 is 11.2. The number of pyridine rings is 1. The monoisotopic (exact) mass is 294 g/mol. The molecular formula is C17H30N2O2. The Kier molecular flexibility index (Phi) is 7.12. The second kappa shape index (κ2) is 8.35. The number of hydrogen-bond acceptors (Lipinski definition) is 4. The molecule has 0 aromatic carbocycles. The highest BCUT2D eigenvalue weighted by Gasteiger charge is 2.09. The lowest BCUT2D eigenvalue weighted by Crippen LogP contribution is -2.22. The van der Waals surface area contributed by atoms with Crippen LogP contribution < -0.4 is 10.1 Å². The molecule has 0 aliphatic carbocycles. The molecule has 120 valence electrons. The summed E-state index contributed by atoms with van der Waals surface area (Å²) in [5.74, 6) is 1.32. The normalized spacial score (nSPS) is 12.0. The number of ether oxygens (including phenoxy) is 2. The van der Waals surface area contributed by atoms with Crippen molar-refractivity contribution in [3.8, 4) is 5.88 Å². The lowest BCUT2D eigenvalue weighted by molar-refractivity contribution is -0.0168. The van der Waals surface area contributed by atoms with E-state index in [0.717, 1.165) is 18.8 Å². The van der Waals surface area contributed by atoms with Gasteiger partial charge in [-0.25, -0.2) is 4.98 Å². The first kappa shape index (κ1) is 17.9. The maximum Gasteiger partial charge on any atom is 0.213 e. The average Bonchev–Trinajstić information content (AvgIpc) is 2.35. The van der Waals surface area contributed by atoms with Gasteiger partial charge in [-0.05, 0) is 45.7 Å². The molecule has 1 N–H and O–H groups in total. The summed E-state index contributed by atoms with van der Waals surface area (Å²) in [5, 5.41) is 3.43. The van der Waals surface area contributed by atoms with Crippen LogP contribution in [0.3, 0.4) is 0 Å². The molecule has 0 fully saturated rings. The van der Waals surface area contributed by atoms with Crippen molar-refractivity contribution in [2.24, 2.45) is 5.92 Å². The third kappa shape index (κ3) is 8.02. The van der Waals surface area contributed by atoms with Crippen LogP contribution in [0.15, 0.2) is 12.1 Å². The van der Waals surface area contributed by atoms with E-state index in [0.29, 0.717) is 25.0 Å². The molecule has 4 nitrogen and oxygen atoms in total. The third-order valence-corrected chi connectivity index (χ3v) is 2.91. The van der Waals surface area contributed by atoms with Crippen molar-refractivity contribution in [2.75, 3.05) is 19.8 Å². The van der Waals surface area contributed by atoms with Gasteiger partial charge in [-0.15, -0.1) is 0 Å². The highest BCUT2D eigenvalue weighted by Crippen LogP contribution is 2.13. The standard InChI is InChI=1S/C17H30N2O2/c1-13(2)11-18-12-15-7-8-16(19-14(15)3)20-9-10-21-17(4,5)6/h7-8,13,18H,9-12H2,1-6H3. The van der Waals surface area contributed by atoms with E-state index in [1.165, 1.54) is 5.56 Å². The van der Waals surface area contributed by atoms with Crippen LogP contribution in [0.4, 0.5) is 0 Å². The molecule has 0 radical (unpaired) electrons. The van der Waals surface area contributed by atoms with Gasteiger partial charge in [0, 0.05) is 18.3 Å². The lowest BCUT2D eigenvalue weighted by Gasteiger charge is -2.19. The Labute approximate surface area is 129 Å². The largest absolute Gasteiger partial charge is 0.475 e. The van der Waals surface area contributed by atoms with Crippen molar-refractivity contribution < 1.29 is 9.47 Å². The van der Waals surface area contributed by atoms with Crippen LogP contribution in [-0.4, -0.2) is 30.3 Å². The summed E-state index contributed by atoms with van der Waals surface area (Å²) in [7, 11) is 0. The number of nitrogens with zero attached hydrogens (tertiary/aromatic N) is 1. The summed E-state index contributed by atoms with van der Waals surface area (Å²) >= 11 is 0. The number of hydrogen-bond donors (Lipinski definition) is 1. The lowest BCUT2D eigenvalue weighted by atomic mass is 10.2. The molecule has 1 heterocycles. The summed E-state index contributed by atoms with van der Waals surface area (Å²) in [6.45, 7) is 15.5. The van der Waals surface area contributed by atoms with Crippen molar-refractivity contribution >= 4 is 0 Å². The van der Waals surface area contributed by atoms with Crippen LogP contribution in [0.5, 0.6) is 5.88 Å². The summed E-state index contributed by atoms with van der Waals surface area (Å²) in [6.07, 6.45) is 0. The number of rotatable bonds is 8. The smallest absolute Gasteiger partial charge is 0.213 e. The molecule has 21 heavy (non-hydrogen) atoms. The first-order chi connectivity index (χ1) is 9.78. The predicted octanol–water partition coefficient (Wildman–Crippen LogP) is 3.33. The Bertz CT molecular complexity index is 425. The van der Waals surface area contributed by atoms with Gasteiger partial charge in [0.25, 0.3) is 0 Å². The van der Waals surface area contributed by atoms with Gasteiger partial charge >= 0.3 is 0 Å². The van der Waals surface area contributed by atoms with Gasteiger partial charge in [0.15, 0.2) is 0 Å².